The smallest absolute Gasteiger partial charge is 0.241 e. The molecule has 24 heavy (non-hydrogen) atoms. The van der Waals surface area contributed by atoms with Gasteiger partial charge in [-0.15, -0.1) is 6.58 Å². The van der Waals surface area contributed by atoms with Gasteiger partial charge in [-0.2, -0.15) is 4.31 Å². The summed E-state index contributed by atoms with van der Waals surface area (Å²) < 4.78 is 24.9. The van der Waals surface area contributed by atoms with Crippen LogP contribution in [0.2, 0.25) is 0 Å². The van der Waals surface area contributed by atoms with Crippen LogP contribution in [0.25, 0.3) is 0 Å². The molecule has 0 aromatic carbocycles. The van der Waals surface area contributed by atoms with E-state index in [-0.39, 0.29) is 11.8 Å². The number of nitrogens with zero attached hydrogens (tertiary/aromatic N) is 3. The maximum absolute atomic E-state index is 12.6. The van der Waals surface area contributed by atoms with Crippen LogP contribution in [0.15, 0.2) is 12.7 Å². The Morgan fingerprint density at radius 2 is 1.88 bits per heavy atom. The largest absolute Gasteiger partial charge is 0.352 e. The van der Waals surface area contributed by atoms with E-state index in [1.165, 1.54) is 4.31 Å². The minimum Gasteiger partial charge on any atom is -0.352 e. The normalized spacial score (nSPS) is 23.2. The zero-order chi connectivity index (χ0) is 17.7. The van der Waals surface area contributed by atoms with Crippen molar-refractivity contribution in [2.45, 2.75) is 18.9 Å². The Labute approximate surface area is 143 Å². The number of sulfonamides is 1. The van der Waals surface area contributed by atoms with Gasteiger partial charge in [-0.25, -0.2) is 8.42 Å². The van der Waals surface area contributed by atoms with Gasteiger partial charge in [0.15, 0.2) is 0 Å². The number of hydrogen-bond acceptors (Lipinski definition) is 5. The summed E-state index contributed by atoms with van der Waals surface area (Å²) in [5.74, 6) is -0.178. The van der Waals surface area contributed by atoms with E-state index in [9.17, 15) is 18.0 Å². The molecule has 0 aliphatic carbocycles. The van der Waals surface area contributed by atoms with E-state index in [2.05, 4.69) is 11.9 Å². The summed E-state index contributed by atoms with van der Waals surface area (Å²) in [5, 5.41) is 2.73. The molecule has 1 atom stereocenters. The molecule has 1 N–H and O–H groups in total. The first-order chi connectivity index (χ1) is 11.3. The number of carbonyl (C=O) groups is 2. The fourth-order valence-corrected chi connectivity index (χ4v) is 4.28. The van der Waals surface area contributed by atoms with E-state index in [0.29, 0.717) is 58.7 Å². The lowest BCUT2D eigenvalue weighted by atomic mass is 10.2. The summed E-state index contributed by atoms with van der Waals surface area (Å²) in [6, 6.07) is -0.567. The van der Waals surface area contributed by atoms with Gasteiger partial charge in [-0.3, -0.25) is 14.5 Å². The molecule has 2 fully saturated rings. The highest BCUT2D eigenvalue weighted by Gasteiger charge is 2.39. The summed E-state index contributed by atoms with van der Waals surface area (Å²) in [7, 11) is -3.36. The van der Waals surface area contributed by atoms with Crippen LogP contribution in [-0.2, 0) is 19.6 Å². The summed E-state index contributed by atoms with van der Waals surface area (Å²) >= 11 is 0. The highest BCUT2D eigenvalue weighted by Crippen LogP contribution is 2.22. The first-order valence-electron chi connectivity index (χ1n) is 8.18. The zero-order valence-corrected chi connectivity index (χ0v) is 14.9. The Morgan fingerprint density at radius 1 is 1.21 bits per heavy atom. The van der Waals surface area contributed by atoms with Crippen molar-refractivity contribution < 1.29 is 18.0 Å². The van der Waals surface area contributed by atoms with Crippen molar-refractivity contribution in [3.8, 4) is 0 Å². The van der Waals surface area contributed by atoms with E-state index < -0.39 is 16.1 Å². The molecule has 2 aliphatic heterocycles. The van der Waals surface area contributed by atoms with E-state index >= 15 is 0 Å². The molecule has 2 aliphatic rings. The average Bonchev–Trinajstić information content (AvgIpc) is 3.03. The number of piperazine rings is 1. The first kappa shape index (κ1) is 18.9. The molecule has 136 valence electrons. The lowest BCUT2D eigenvalue weighted by Gasteiger charge is -2.36. The van der Waals surface area contributed by atoms with Crippen LogP contribution >= 0.6 is 0 Å². The summed E-state index contributed by atoms with van der Waals surface area (Å²) in [6.45, 7) is 6.96. The number of hydrogen-bond donors (Lipinski definition) is 1. The van der Waals surface area contributed by atoms with E-state index in [0.717, 1.165) is 6.26 Å². The lowest BCUT2D eigenvalue weighted by molar-refractivity contribution is -0.136. The van der Waals surface area contributed by atoms with Crippen molar-refractivity contribution in [2.75, 3.05) is 52.1 Å². The summed E-state index contributed by atoms with van der Waals surface area (Å²) in [6.07, 6.45) is 4.07. The Morgan fingerprint density at radius 3 is 2.46 bits per heavy atom. The van der Waals surface area contributed by atoms with Crippen molar-refractivity contribution in [1.29, 1.82) is 0 Å². The maximum atomic E-state index is 12.6. The van der Waals surface area contributed by atoms with Gasteiger partial charge >= 0.3 is 0 Å². The molecular formula is C15H26N4O4S. The molecule has 0 aromatic heterocycles. The molecule has 0 saturated carbocycles. The molecule has 0 bridgehead atoms. The highest BCUT2D eigenvalue weighted by molar-refractivity contribution is 7.88. The summed E-state index contributed by atoms with van der Waals surface area (Å²) in [5.41, 5.74) is 0. The molecule has 2 rings (SSSR count). The van der Waals surface area contributed by atoms with Gasteiger partial charge in [0.25, 0.3) is 0 Å². The van der Waals surface area contributed by atoms with Crippen LogP contribution in [0.3, 0.4) is 0 Å². The molecule has 2 heterocycles. The standard InChI is InChI=1S/C15H26N4O4S/c1-3-6-16-14(20)12-17-8-10-18(11-9-17)15(21)13-5-4-7-19(13)24(2,22)23/h3,13H,1,4-12H2,2H3,(H,16,20). The number of amides is 2. The van der Waals surface area contributed by atoms with Crippen LogP contribution in [0.1, 0.15) is 12.8 Å². The van der Waals surface area contributed by atoms with Gasteiger partial charge in [0.05, 0.1) is 12.8 Å². The van der Waals surface area contributed by atoms with Crippen molar-refractivity contribution >= 4 is 21.8 Å². The van der Waals surface area contributed by atoms with Crippen molar-refractivity contribution in [3.63, 3.8) is 0 Å². The number of nitrogens with one attached hydrogen (secondary N) is 1. The third kappa shape index (κ3) is 4.78. The topological polar surface area (TPSA) is 90.0 Å². The Bertz CT molecular complexity index is 584. The second kappa shape index (κ2) is 8.09. The first-order valence-corrected chi connectivity index (χ1v) is 10.0. The predicted molar refractivity (Wildman–Crippen MR) is 90.8 cm³/mol. The molecule has 1 unspecified atom stereocenters. The third-order valence-corrected chi connectivity index (χ3v) is 5.70. The van der Waals surface area contributed by atoms with Crippen LogP contribution in [-0.4, -0.2) is 92.4 Å². The van der Waals surface area contributed by atoms with Crippen molar-refractivity contribution in [1.82, 2.24) is 19.4 Å². The molecule has 0 aromatic rings. The molecule has 0 spiro atoms. The summed E-state index contributed by atoms with van der Waals surface area (Å²) in [4.78, 5) is 28.0. The molecule has 2 saturated heterocycles. The number of carbonyl (C=O) groups excluding carboxylic acids is 2. The fraction of sp³-hybridized carbons (Fsp3) is 0.733. The Hall–Kier alpha value is -1.45. The van der Waals surface area contributed by atoms with Crippen LogP contribution in [0.4, 0.5) is 0 Å². The molecule has 8 nitrogen and oxygen atoms in total. The van der Waals surface area contributed by atoms with Gasteiger partial charge in [-0.05, 0) is 12.8 Å². The predicted octanol–water partition coefficient (Wildman–Crippen LogP) is -1.14. The van der Waals surface area contributed by atoms with Crippen LogP contribution in [0.5, 0.6) is 0 Å². The zero-order valence-electron chi connectivity index (χ0n) is 14.1. The van der Waals surface area contributed by atoms with E-state index in [1.54, 1.807) is 11.0 Å². The van der Waals surface area contributed by atoms with Gasteiger partial charge in [0.1, 0.15) is 6.04 Å². The molecule has 9 heteroatoms. The fourth-order valence-electron chi connectivity index (χ4n) is 3.17. The second-order valence-corrected chi connectivity index (χ2v) is 8.16. The van der Waals surface area contributed by atoms with Crippen molar-refractivity contribution in [3.05, 3.63) is 12.7 Å². The number of rotatable bonds is 6. The van der Waals surface area contributed by atoms with Crippen LogP contribution in [0, 0.1) is 0 Å². The molecule has 2 amide bonds. The van der Waals surface area contributed by atoms with E-state index in [4.69, 9.17) is 0 Å². The second-order valence-electron chi connectivity index (χ2n) is 6.23. The molecule has 0 radical (unpaired) electrons. The maximum Gasteiger partial charge on any atom is 0.241 e. The van der Waals surface area contributed by atoms with Gasteiger partial charge in [-0.1, -0.05) is 6.08 Å². The van der Waals surface area contributed by atoms with Crippen LogP contribution < -0.4 is 5.32 Å². The minimum absolute atomic E-state index is 0.0614. The quantitative estimate of drug-likeness (QED) is 0.606. The van der Waals surface area contributed by atoms with Gasteiger partial charge < -0.3 is 10.2 Å². The van der Waals surface area contributed by atoms with E-state index in [1.807, 2.05) is 4.90 Å². The monoisotopic (exact) mass is 358 g/mol. The van der Waals surface area contributed by atoms with Gasteiger partial charge in [0, 0.05) is 39.3 Å². The van der Waals surface area contributed by atoms with Gasteiger partial charge in [0.2, 0.25) is 21.8 Å². The van der Waals surface area contributed by atoms with Crippen molar-refractivity contribution in [2.24, 2.45) is 0 Å². The highest BCUT2D eigenvalue weighted by atomic mass is 32.2. The lowest BCUT2D eigenvalue weighted by Crippen LogP contribution is -2.55. The Balaban J connectivity index is 1.84. The minimum atomic E-state index is -3.36. The average molecular weight is 358 g/mol. The molecular weight excluding hydrogens is 332 g/mol. The Kier molecular flexibility index (Phi) is 6.36. The SMILES string of the molecule is C=CCNC(=O)CN1CCN(C(=O)C2CCCN2S(C)(=O)=O)CC1. The third-order valence-electron chi connectivity index (χ3n) is 4.41.